The van der Waals surface area contributed by atoms with E-state index in [-0.39, 0.29) is 5.28 Å². The summed E-state index contributed by atoms with van der Waals surface area (Å²) in [5.41, 5.74) is 2.19. The van der Waals surface area contributed by atoms with E-state index in [0.29, 0.717) is 17.8 Å². The highest BCUT2D eigenvalue weighted by Crippen LogP contribution is 2.21. The van der Waals surface area contributed by atoms with E-state index in [1.807, 2.05) is 12.1 Å². The molecule has 21 heavy (non-hydrogen) atoms. The van der Waals surface area contributed by atoms with Gasteiger partial charge in [-0.15, -0.1) is 0 Å². The lowest BCUT2D eigenvalue weighted by atomic mass is 10.0. The number of halogens is 1. The van der Waals surface area contributed by atoms with Gasteiger partial charge >= 0.3 is 0 Å². The maximum atomic E-state index is 5.93. The maximum absolute atomic E-state index is 5.93. The van der Waals surface area contributed by atoms with Crippen molar-refractivity contribution in [3.8, 4) is 0 Å². The molecule has 0 atom stereocenters. The first-order valence-corrected chi connectivity index (χ1v) is 7.48. The Morgan fingerprint density at radius 1 is 1.14 bits per heavy atom. The Morgan fingerprint density at radius 3 is 2.62 bits per heavy atom. The molecule has 112 valence electrons. The third-order valence-corrected chi connectivity index (χ3v) is 3.12. The van der Waals surface area contributed by atoms with Gasteiger partial charge in [0.1, 0.15) is 0 Å². The molecule has 5 nitrogen and oxygen atoms in total. The van der Waals surface area contributed by atoms with Crippen molar-refractivity contribution in [1.82, 2.24) is 15.0 Å². The number of hydrogen-bond acceptors (Lipinski definition) is 5. The van der Waals surface area contributed by atoms with E-state index in [1.165, 1.54) is 5.56 Å². The Labute approximate surface area is 130 Å². The number of rotatable bonds is 6. The second-order valence-corrected chi connectivity index (χ2v) is 5.42. The average Bonchev–Trinajstić information content (AvgIpc) is 2.45. The minimum Gasteiger partial charge on any atom is -0.354 e. The van der Waals surface area contributed by atoms with Crippen molar-refractivity contribution in [2.45, 2.75) is 33.1 Å². The van der Waals surface area contributed by atoms with E-state index in [9.17, 15) is 0 Å². The van der Waals surface area contributed by atoms with Gasteiger partial charge in [-0.1, -0.05) is 32.9 Å². The smallest absolute Gasteiger partial charge is 0.233 e. The van der Waals surface area contributed by atoms with Gasteiger partial charge in [0.2, 0.25) is 17.2 Å². The van der Waals surface area contributed by atoms with Crippen LogP contribution < -0.4 is 10.6 Å². The molecule has 0 saturated heterocycles. The number of anilines is 3. The molecule has 0 amide bonds. The molecule has 0 radical (unpaired) electrons. The number of hydrogen-bond donors (Lipinski definition) is 2. The Kier molecular flexibility index (Phi) is 5.33. The lowest BCUT2D eigenvalue weighted by molar-refractivity contribution is 0.867. The number of aromatic nitrogens is 3. The quantitative estimate of drug-likeness (QED) is 0.837. The van der Waals surface area contributed by atoms with Crippen molar-refractivity contribution >= 4 is 29.2 Å². The van der Waals surface area contributed by atoms with Crippen LogP contribution in [0.1, 0.15) is 38.7 Å². The fourth-order valence-electron chi connectivity index (χ4n) is 1.83. The molecule has 0 bridgehead atoms. The summed E-state index contributed by atoms with van der Waals surface area (Å²) in [5.74, 6) is 1.39. The fraction of sp³-hybridized carbons (Fsp3) is 0.400. The second-order valence-electron chi connectivity index (χ2n) is 5.08. The average molecular weight is 306 g/mol. The van der Waals surface area contributed by atoms with Gasteiger partial charge in [0.05, 0.1) is 0 Å². The molecule has 0 spiro atoms. The number of nitrogens with zero attached hydrogens (tertiary/aromatic N) is 3. The molecule has 0 aliphatic rings. The minimum atomic E-state index is 0.172. The first kappa shape index (κ1) is 15.5. The van der Waals surface area contributed by atoms with E-state index in [4.69, 9.17) is 11.6 Å². The molecule has 2 N–H and O–H groups in total. The normalized spacial score (nSPS) is 10.7. The van der Waals surface area contributed by atoms with Crippen LogP contribution in [0.25, 0.3) is 0 Å². The SMILES string of the molecule is CCCNc1nc(Cl)nc(Nc2cccc(C(C)C)c2)n1. The summed E-state index contributed by atoms with van der Waals surface area (Å²) in [4.78, 5) is 12.5. The predicted octanol–water partition coefficient (Wildman–Crippen LogP) is 4.21. The van der Waals surface area contributed by atoms with E-state index in [2.05, 4.69) is 58.5 Å². The standard InChI is InChI=1S/C15H20ClN5/c1-4-8-17-14-19-13(16)20-15(21-14)18-12-7-5-6-11(9-12)10(2)3/h5-7,9-10H,4,8H2,1-3H3,(H2,17,18,19,20,21). The topological polar surface area (TPSA) is 62.7 Å². The van der Waals surface area contributed by atoms with Crippen LogP contribution >= 0.6 is 11.6 Å². The largest absolute Gasteiger partial charge is 0.354 e. The van der Waals surface area contributed by atoms with Gasteiger partial charge in [-0.25, -0.2) is 0 Å². The molecule has 0 aliphatic heterocycles. The Hall–Kier alpha value is -1.88. The third kappa shape index (κ3) is 4.56. The van der Waals surface area contributed by atoms with E-state index >= 15 is 0 Å². The molecular weight excluding hydrogens is 286 g/mol. The molecule has 2 aromatic rings. The molecule has 1 aromatic heterocycles. The monoisotopic (exact) mass is 305 g/mol. The first-order chi connectivity index (χ1) is 10.1. The van der Waals surface area contributed by atoms with Crippen molar-refractivity contribution in [2.24, 2.45) is 0 Å². The predicted molar refractivity (Wildman–Crippen MR) is 87.4 cm³/mol. The van der Waals surface area contributed by atoms with Crippen molar-refractivity contribution < 1.29 is 0 Å². The zero-order valence-corrected chi connectivity index (χ0v) is 13.3. The van der Waals surface area contributed by atoms with Crippen LogP contribution in [0.4, 0.5) is 17.6 Å². The van der Waals surface area contributed by atoms with E-state index in [1.54, 1.807) is 0 Å². The zero-order chi connectivity index (χ0) is 15.2. The number of nitrogens with one attached hydrogen (secondary N) is 2. The van der Waals surface area contributed by atoms with Gasteiger partial charge in [0.15, 0.2) is 0 Å². The highest BCUT2D eigenvalue weighted by molar-refractivity contribution is 6.28. The van der Waals surface area contributed by atoms with Gasteiger partial charge in [-0.3, -0.25) is 0 Å². The van der Waals surface area contributed by atoms with Gasteiger partial charge in [-0.05, 0) is 41.6 Å². The summed E-state index contributed by atoms with van der Waals surface area (Å²) in [6.45, 7) is 7.19. The van der Waals surface area contributed by atoms with Crippen molar-refractivity contribution in [3.63, 3.8) is 0 Å². The molecular formula is C15H20ClN5. The van der Waals surface area contributed by atoms with Crippen LogP contribution in [0.15, 0.2) is 24.3 Å². The van der Waals surface area contributed by atoms with Crippen LogP contribution in [-0.4, -0.2) is 21.5 Å². The molecule has 0 fully saturated rings. The lowest BCUT2D eigenvalue weighted by Crippen LogP contribution is -2.07. The van der Waals surface area contributed by atoms with Gasteiger partial charge < -0.3 is 10.6 Å². The summed E-state index contributed by atoms with van der Waals surface area (Å²) in [6, 6.07) is 8.17. The maximum Gasteiger partial charge on any atom is 0.233 e. The summed E-state index contributed by atoms with van der Waals surface area (Å²) in [6.07, 6.45) is 0.989. The summed E-state index contributed by atoms with van der Waals surface area (Å²) >= 11 is 5.93. The highest BCUT2D eigenvalue weighted by atomic mass is 35.5. The van der Waals surface area contributed by atoms with Crippen LogP contribution in [0, 0.1) is 0 Å². The van der Waals surface area contributed by atoms with Crippen molar-refractivity contribution in [1.29, 1.82) is 0 Å². The van der Waals surface area contributed by atoms with Crippen LogP contribution in [-0.2, 0) is 0 Å². The number of benzene rings is 1. The van der Waals surface area contributed by atoms with Gasteiger partial charge in [0.25, 0.3) is 0 Å². The van der Waals surface area contributed by atoms with Crippen molar-refractivity contribution in [3.05, 3.63) is 35.1 Å². The minimum absolute atomic E-state index is 0.172. The molecule has 2 rings (SSSR count). The molecule has 1 aromatic carbocycles. The highest BCUT2D eigenvalue weighted by Gasteiger charge is 2.06. The first-order valence-electron chi connectivity index (χ1n) is 7.11. The van der Waals surface area contributed by atoms with Crippen LogP contribution in [0.2, 0.25) is 5.28 Å². The van der Waals surface area contributed by atoms with Gasteiger partial charge in [0, 0.05) is 12.2 Å². The second kappa shape index (κ2) is 7.22. The Morgan fingerprint density at radius 2 is 1.90 bits per heavy atom. The molecule has 0 saturated carbocycles. The summed E-state index contributed by atoms with van der Waals surface area (Å²) in [5, 5.41) is 6.45. The molecule has 1 heterocycles. The van der Waals surface area contributed by atoms with Crippen molar-refractivity contribution in [2.75, 3.05) is 17.2 Å². The molecule has 0 unspecified atom stereocenters. The van der Waals surface area contributed by atoms with E-state index in [0.717, 1.165) is 18.7 Å². The van der Waals surface area contributed by atoms with Crippen LogP contribution in [0.5, 0.6) is 0 Å². The molecule has 6 heteroatoms. The Bertz CT molecular complexity index is 600. The van der Waals surface area contributed by atoms with E-state index < -0.39 is 0 Å². The molecule has 0 aliphatic carbocycles. The fourth-order valence-corrected chi connectivity index (χ4v) is 1.99. The lowest BCUT2D eigenvalue weighted by Gasteiger charge is -2.10. The Balaban J connectivity index is 2.18. The van der Waals surface area contributed by atoms with Crippen LogP contribution in [0.3, 0.4) is 0 Å². The summed E-state index contributed by atoms with van der Waals surface area (Å²) < 4.78 is 0. The third-order valence-electron chi connectivity index (χ3n) is 2.95. The zero-order valence-electron chi connectivity index (χ0n) is 12.5. The summed E-state index contributed by atoms with van der Waals surface area (Å²) in [7, 11) is 0. The van der Waals surface area contributed by atoms with Gasteiger partial charge in [-0.2, -0.15) is 15.0 Å².